The Balaban J connectivity index is 3.09. The van der Waals surface area contributed by atoms with Crippen LogP contribution in [0.5, 0.6) is 5.75 Å². The lowest BCUT2D eigenvalue weighted by atomic mass is 9.99. The van der Waals surface area contributed by atoms with Crippen molar-refractivity contribution >= 4 is 0 Å². The van der Waals surface area contributed by atoms with Crippen LogP contribution in [-0.2, 0) is 0 Å². The van der Waals surface area contributed by atoms with Crippen molar-refractivity contribution in [2.45, 2.75) is 26.4 Å². The van der Waals surface area contributed by atoms with E-state index in [-0.39, 0.29) is 0 Å². The molecule has 84 valence electrons. The Hall–Kier alpha value is -1.06. The average molecular weight is 209 g/mol. The fourth-order valence-electron chi connectivity index (χ4n) is 1.56. The van der Waals surface area contributed by atoms with Gasteiger partial charge in [0.15, 0.2) is 0 Å². The number of hydrogen-bond donors (Lipinski definition) is 2. The first-order valence-corrected chi connectivity index (χ1v) is 5.13. The second kappa shape index (κ2) is 5.14. The summed E-state index contributed by atoms with van der Waals surface area (Å²) < 4.78 is 5.25. The van der Waals surface area contributed by atoms with Gasteiger partial charge in [0.05, 0.1) is 13.2 Å². The highest BCUT2D eigenvalue weighted by Crippen LogP contribution is 2.29. The Bertz CT molecular complexity index is 337. The van der Waals surface area contributed by atoms with Crippen LogP contribution >= 0.6 is 0 Å². The minimum absolute atomic E-state index is 0.469. The summed E-state index contributed by atoms with van der Waals surface area (Å²) in [6.07, 6.45) is 0.0167. The van der Waals surface area contributed by atoms with E-state index in [0.717, 1.165) is 22.4 Å². The van der Waals surface area contributed by atoms with Crippen LogP contribution in [0.4, 0.5) is 0 Å². The summed E-state index contributed by atoms with van der Waals surface area (Å²) in [4.78, 5) is 0. The van der Waals surface area contributed by atoms with Crippen molar-refractivity contribution in [2.75, 3.05) is 13.7 Å². The van der Waals surface area contributed by atoms with Crippen LogP contribution in [0.3, 0.4) is 0 Å². The van der Waals surface area contributed by atoms with Gasteiger partial charge in [0.1, 0.15) is 5.75 Å². The van der Waals surface area contributed by atoms with Crippen molar-refractivity contribution in [2.24, 2.45) is 5.73 Å². The summed E-state index contributed by atoms with van der Waals surface area (Å²) in [6, 6.07) is 3.92. The number of benzene rings is 1. The summed E-state index contributed by atoms with van der Waals surface area (Å²) in [5.41, 5.74) is 8.57. The molecule has 1 atom stereocenters. The van der Waals surface area contributed by atoms with Gasteiger partial charge in [0.25, 0.3) is 0 Å². The van der Waals surface area contributed by atoms with E-state index >= 15 is 0 Å². The number of methoxy groups -OCH3 is 1. The van der Waals surface area contributed by atoms with Crippen molar-refractivity contribution in [1.29, 1.82) is 0 Å². The topological polar surface area (TPSA) is 55.5 Å². The van der Waals surface area contributed by atoms with E-state index in [1.807, 2.05) is 26.0 Å². The van der Waals surface area contributed by atoms with Crippen molar-refractivity contribution in [1.82, 2.24) is 0 Å². The van der Waals surface area contributed by atoms with Crippen LogP contribution in [0, 0.1) is 13.8 Å². The van der Waals surface area contributed by atoms with Gasteiger partial charge < -0.3 is 15.6 Å². The number of hydrogen-bond acceptors (Lipinski definition) is 3. The first kappa shape index (κ1) is 12.0. The smallest absolute Gasteiger partial charge is 0.124 e. The van der Waals surface area contributed by atoms with Crippen LogP contribution in [0.15, 0.2) is 12.1 Å². The van der Waals surface area contributed by atoms with E-state index in [1.54, 1.807) is 7.11 Å². The van der Waals surface area contributed by atoms with Crippen molar-refractivity contribution in [3.63, 3.8) is 0 Å². The van der Waals surface area contributed by atoms with Crippen molar-refractivity contribution in [3.8, 4) is 5.75 Å². The van der Waals surface area contributed by atoms with Crippen LogP contribution in [0.1, 0.15) is 29.2 Å². The number of nitrogens with two attached hydrogens (primary N) is 1. The van der Waals surface area contributed by atoms with Gasteiger partial charge in [-0.3, -0.25) is 0 Å². The number of aryl methyl sites for hydroxylation is 2. The molecular formula is C12H19NO2. The van der Waals surface area contributed by atoms with Gasteiger partial charge in [-0.05, 0) is 50.1 Å². The molecule has 3 heteroatoms. The summed E-state index contributed by atoms with van der Waals surface area (Å²) >= 11 is 0. The molecule has 0 aliphatic carbocycles. The molecule has 3 N–H and O–H groups in total. The first-order chi connectivity index (χ1) is 7.10. The molecular weight excluding hydrogens is 190 g/mol. The predicted octanol–water partition coefficient (Wildman–Crippen LogP) is 1.69. The molecule has 1 aromatic rings. The van der Waals surface area contributed by atoms with Gasteiger partial charge in [-0.1, -0.05) is 0 Å². The first-order valence-electron chi connectivity index (χ1n) is 5.13. The molecule has 0 heterocycles. The molecule has 0 aliphatic heterocycles. The predicted molar refractivity (Wildman–Crippen MR) is 61.1 cm³/mol. The molecule has 0 aliphatic rings. The molecule has 0 aromatic heterocycles. The highest BCUT2D eigenvalue weighted by molar-refractivity contribution is 5.42. The summed E-state index contributed by atoms with van der Waals surface area (Å²) in [7, 11) is 1.61. The summed E-state index contributed by atoms with van der Waals surface area (Å²) in [5.74, 6) is 0.735. The monoisotopic (exact) mass is 209 g/mol. The average Bonchev–Trinajstić information content (AvgIpc) is 2.21. The lowest BCUT2D eigenvalue weighted by molar-refractivity contribution is 0.166. The molecule has 0 spiro atoms. The molecule has 0 amide bonds. The third kappa shape index (κ3) is 2.70. The molecule has 1 aromatic carbocycles. The summed E-state index contributed by atoms with van der Waals surface area (Å²) in [6.45, 7) is 4.52. The van der Waals surface area contributed by atoms with Crippen LogP contribution in [-0.4, -0.2) is 18.8 Å². The van der Waals surface area contributed by atoms with Gasteiger partial charge >= 0.3 is 0 Å². The van der Waals surface area contributed by atoms with E-state index in [0.29, 0.717) is 13.0 Å². The number of aliphatic hydroxyl groups excluding tert-OH is 1. The van der Waals surface area contributed by atoms with Crippen molar-refractivity contribution < 1.29 is 9.84 Å². The Morgan fingerprint density at radius 1 is 1.33 bits per heavy atom. The van der Waals surface area contributed by atoms with Crippen molar-refractivity contribution in [3.05, 3.63) is 28.8 Å². The molecule has 1 rings (SSSR count). The maximum Gasteiger partial charge on any atom is 0.124 e. The lowest BCUT2D eigenvalue weighted by Crippen LogP contribution is -2.08. The highest BCUT2D eigenvalue weighted by atomic mass is 16.5. The second-order valence-electron chi connectivity index (χ2n) is 3.77. The van der Waals surface area contributed by atoms with E-state index in [9.17, 15) is 5.11 Å². The van der Waals surface area contributed by atoms with Gasteiger partial charge in [-0.2, -0.15) is 0 Å². The Kier molecular flexibility index (Phi) is 4.12. The molecule has 3 nitrogen and oxygen atoms in total. The molecule has 1 unspecified atom stereocenters. The normalized spacial score (nSPS) is 12.6. The minimum atomic E-state index is -0.538. The van der Waals surface area contributed by atoms with E-state index in [1.165, 1.54) is 0 Å². The second-order valence-corrected chi connectivity index (χ2v) is 3.77. The Labute approximate surface area is 90.9 Å². The lowest BCUT2D eigenvalue weighted by Gasteiger charge is -2.16. The quantitative estimate of drug-likeness (QED) is 0.793. The van der Waals surface area contributed by atoms with Gasteiger partial charge in [-0.25, -0.2) is 0 Å². The SMILES string of the molecule is COc1cc(C)c(C)cc1C(O)CCN. The molecule has 0 saturated heterocycles. The summed E-state index contributed by atoms with van der Waals surface area (Å²) in [5, 5.41) is 9.89. The third-order valence-corrected chi connectivity index (χ3v) is 2.65. The zero-order chi connectivity index (χ0) is 11.4. The fourth-order valence-corrected chi connectivity index (χ4v) is 1.56. The molecule has 0 radical (unpaired) electrons. The zero-order valence-electron chi connectivity index (χ0n) is 9.58. The highest BCUT2D eigenvalue weighted by Gasteiger charge is 2.13. The molecule has 15 heavy (non-hydrogen) atoms. The van der Waals surface area contributed by atoms with Gasteiger partial charge in [0, 0.05) is 5.56 Å². The minimum Gasteiger partial charge on any atom is -0.496 e. The molecule has 0 bridgehead atoms. The largest absolute Gasteiger partial charge is 0.496 e. The zero-order valence-corrected chi connectivity index (χ0v) is 9.58. The molecule has 0 saturated carbocycles. The Morgan fingerprint density at radius 2 is 1.93 bits per heavy atom. The maximum atomic E-state index is 9.89. The van der Waals surface area contributed by atoms with Gasteiger partial charge in [-0.15, -0.1) is 0 Å². The van der Waals surface area contributed by atoms with E-state index < -0.39 is 6.10 Å². The maximum absolute atomic E-state index is 9.89. The van der Waals surface area contributed by atoms with Gasteiger partial charge in [0.2, 0.25) is 0 Å². The van der Waals surface area contributed by atoms with E-state index in [2.05, 4.69) is 0 Å². The third-order valence-electron chi connectivity index (χ3n) is 2.65. The number of aliphatic hydroxyl groups is 1. The Morgan fingerprint density at radius 3 is 2.47 bits per heavy atom. The standard InChI is InChI=1S/C12H19NO2/c1-8-6-10(11(14)4-5-13)12(15-3)7-9(8)2/h6-7,11,14H,4-5,13H2,1-3H3. The van der Waals surface area contributed by atoms with E-state index in [4.69, 9.17) is 10.5 Å². The van der Waals surface area contributed by atoms with Crippen LogP contribution in [0.25, 0.3) is 0 Å². The molecule has 0 fully saturated rings. The number of rotatable bonds is 4. The van der Waals surface area contributed by atoms with Crippen LogP contribution in [0.2, 0.25) is 0 Å². The number of ether oxygens (including phenoxy) is 1. The fraction of sp³-hybridized carbons (Fsp3) is 0.500. The van der Waals surface area contributed by atoms with Crippen LogP contribution < -0.4 is 10.5 Å².